The standard InChI is InChI=1S/C26H20ClFN8O3/c1-14-9-21(30-24(38)15-10-22(37)34(13-15)18-7-5-17(28)6-8-18)36(33-14)26-31-23-20(25(39)32-26)12-29-35(23)19-4-2-3-16(27)11-19/h2-9,11-12,15H,10,13H2,1H3,(H,30,38)(H,31,32,39). The van der Waals surface area contributed by atoms with Crippen molar-refractivity contribution >= 4 is 46.0 Å². The number of anilines is 2. The van der Waals surface area contributed by atoms with E-state index >= 15 is 0 Å². The molecule has 11 nitrogen and oxygen atoms in total. The lowest BCUT2D eigenvalue weighted by Crippen LogP contribution is -2.28. The van der Waals surface area contributed by atoms with Gasteiger partial charge in [-0.2, -0.15) is 19.9 Å². The Bertz CT molecular complexity index is 1810. The van der Waals surface area contributed by atoms with Gasteiger partial charge in [-0.1, -0.05) is 17.7 Å². The molecule has 196 valence electrons. The number of fused-ring (bicyclic) bond motifs is 1. The van der Waals surface area contributed by atoms with Crippen LogP contribution in [0.1, 0.15) is 12.1 Å². The number of aromatic nitrogens is 6. The number of aromatic amines is 1. The van der Waals surface area contributed by atoms with E-state index in [1.807, 2.05) is 0 Å². The number of hydrogen-bond acceptors (Lipinski definition) is 6. The Balaban J connectivity index is 1.30. The van der Waals surface area contributed by atoms with Crippen LogP contribution in [0.3, 0.4) is 0 Å². The van der Waals surface area contributed by atoms with Crippen LogP contribution in [0.25, 0.3) is 22.7 Å². The molecule has 0 aliphatic carbocycles. The molecule has 1 aliphatic rings. The topological polar surface area (TPSA) is 131 Å². The summed E-state index contributed by atoms with van der Waals surface area (Å²) < 4.78 is 16.1. The van der Waals surface area contributed by atoms with Gasteiger partial charge in [0.1, 0.15) is 17.0 Å². The predicted octanol–water partition coefficient (Wildman–Crippen LogP) is 3.39. The third kappa shape index (κ3) is 4.55. The molecule has 2 aromatic carbocycles. The van der Waals surface area contributed by atoms with Gasteiger partial charge in [-0.25, -0.2) is 9.07 Å². The summed E-state index contributed by atoms with van der Waals surface area (Å²) in [5.74, 6) is -1.37. The summed E-state index contributed by atoms with van der Waals surface area (Å²) in [6, 6.07) is 14.1. The molecule has 1 saturated heterocycles. The molecular formula is C26H20ClFN8O3. The number of nitrogens with zero attached hydrogens (tertiary/aromatic N) is 6. The highest BCUT2D eigenvalue weighted by molar-refractivity contribution is 6.30. The summed E-state index contributed by atoms with van der Waals surface area (Å²) in [6.07, 6.45) is 1.41. The molecule has 39 heavy (non-hydrogen) atoms. The van der Waals surface area contributed by atoms with Crippen LogP contribution in [0.4, 0.5) is 15.9 Å². The van der Waals surface area contributed by atoms with Crippen molar-refractivity contribution in [2.24, 2.45) is 5.92 Å². The molecule has 13 heteroatoms. The van der Waals surface area contributed by atoms with Crippen molar-refractivity contribution in [1.82, 2.24) is 29.5 Å². The number of carbonyl (C=O) groups is 2. The molecule has 1 aliphatic heterocycles. The number of hydrogen-bond donors (Lipinski definition) is 2. The first kappa shape index (κ1) is 24.5. The first-order chi connectivity index (χ1) is 18.8. The van der Waals surface area contributed by atoms with Crippen LogP contribution in [0, 0.1) is 18.7 Å². The van der Waals surface area contributed by atoms with Gasteiger partial charge in [0.15, 0.2) is 5.65 Å². The molecule has 1 atom stereocenters. The average Bonchev–Trinajstić information content (AvgIpc) is 3.61. The normalized spacial score (nSPS) is 15.3. The van der Waals surface area contributed by atoms with Crippen molar-refractivity contribution in [3.63, 3.8) is 0 Å². The molecule has 5 aromatic rings. The Kier molecular flexibility index (Phi) is 5.95. The number of aryl methyl sites for hydroxylation is 1. The summed E-state index contributed by atoms with van der Waals surface area (Å²) in [4.78, 5) is 47.4. The second kappa shape index (κ2) is 9.48. The molecule has 4 heterocycles. The third-order valence-electron chi connectivity index (χ3n) is 6.40. The average molecular weight is 547 g/mol. The van der Waals surface area contributed by atoms with E-state index < -0.39 is 23.2 Å². The molecule has 3 aromatic heterocycles. The number of benzene rings is 2. The zero-order valence-electron chi connectivity index (χ0n) is 20.4. The van der Waals surface area contributed by atoms with Crippen LogP contribution in [-0.2, 0) is 9.59 Å². The Morgan fingerprint density at radius 1 is 1.10 bits per heavy atom. The lowest BCUT2D eigenvalue weighted by atomic mass is 10.1. The molecule has 2 N–H and O–H groups in total. The monoisotopic (exact) mass is 546 g/mol. The molecule has 0 saturated carbocycles. The molecule has 6 rings (SSSR count). The maximum Gasteiger partial charge on any atom is 0.263 e. The zero-order valence-corrected chi connectivity index (χ0v) is 21.2. The fourth-order valence-electron chi connectivity index (χ4n) is 4.54. The summed E-state index contributed by atoms with van der Waals surface area (Å²) >= 11 is 6.13. The van der Waals surface area contributed by atoms with Crippen molar-refractivity contribution in [2.45, 2.75) is 13.3 Å². The quantitative estimate of drug-likeness (QED) is 0.347. The molecule has 1 unspecified atom stereocenters. The van der Waals surface area contributed by atoms with E-state index in [4.69, 9.17) is 11.6 Å². The van der Waals surface area contributed by atoms with Gasteiger partial charge in [0, 0.05) is 29.7 Å². The van der Waals surface area contributed by atoms with Gasteiger partial charge in [-0.05, 0) is 49.4 Å². The van der Waals surface area contributed by atoms with Crippen molar-refractivity contribution in [2.75, 3.05) is 16.8 Å². The van der Waals surface area contributed by atoms with E-state index in [0.29, 0.717) is 22.1 Å². The lowest BCUT2D eigenvalue weighted by Gasteiger charge is -2.16. The maximum atomic E-state index is 13.3. The number of H-pyrrole nitrogens is 1. The number of halogens is 2. The molecule has 0 radical (unpaired) electrons. The molecule has 2 amide bonds. The Labute approximate surface area is 224 Å². The fourth-order valence-corrected chi connectivity index (χ4v) is 4.72. The third-order valence-corrected chi connectivity index (χ3v) is 6.63. The zero-order chi connectivity index (χ0) is 27.3. The van der Waals surface area contributed by atoms with Crippen molar-refractivity contribution < 1.29 is 14.0 Å². The predicted molar refractivity (Wildman–Crippen MR) is 142 cm³/mol. The van der Waals surface area contributed by atoms with Crippen molar-refractivity contribution in [3.05, 3.63) is 87.7 Å². The Morgan fingerprint density at radius 3 is 2.67 bits per heavy atom. The molecule has 0 spiro atoms. The highest BCUT2D eigenvalue weighted by Crippen LogP contribution is 2.27. The minimum absolute atomic E-state index is 0.00378. The minimum atomic E-state index is -0.648. The summed E-state index contributed by atoms with van der Waals surface area (Å²) in [5, 5.41) is 12.3. The SMILES string of the molecule is Cc1cc(NC(=O)C2CC(=O)N(c3ccc(F)cc3)C2)n(-c2nc3c(cnn3-c3cccc(Cl)c3)c(=O)[nH]2)n1. The molecule has 0 bridgehead atoms. The maximum absolute atomic E-state index is 13.3. The first-order valence-electron chi connectivity index (χ1n) is 11.9. The van der Waals surface area contributed by atoms with Crippen LogP contribution < -0.4 is 15.8 Å². The van der Waals surface area contributed by atoms with Crippen LogP contribution >= 0.6 is 11.6 Å². The van der Waals surface area contributed by atoms with Gasteiger partial charge in [-0.3, -0.25) is 19.4 Å². The minimum Gasteiger partial charge on any atom is -0.312 e. The highest BCUT2D eigenvalue weighted by Gasteiger charge is 2.35. The van der Waals surface area contributed by atoms with Crippen LogP contribution in [-0.4, -0.2) is 47.9 Å². The van der Waals surface area contributed by atoms with Gasteiger partial charge >= 0.3 is 0 Å². The number of carbonyl (C=O) groups excluding carboxylic acids is 2. The van der Waals surface area contributed by atoms with E-state index in [9.17, 15) is 18.8 Å². The number of nitrogens with one attached hydrogen (secondary N) is 2. The van der Waals surface area contributed by atoms with E-state index in [2.05, 4.69) is 25.5 Å². The molecule has 1 fully saturated rings. The van der Waals surface area contributed by atoms with E-state index in [1.54, 1.807) is 37.3 Å². The lowest BCUT2D eigenvalue weighted by molar-refractivity contribution is -0.122. The van der Waals surface area contributed by atoms with Crippen LogP contribution in [0.15, 0.2) is 65.6 Å². The van der Waals surface area contributed by atoms with E-state index in [-0.39, 0.29) is 41.7 Å². The number of rotatable bonds is 5. The van der Waals surface area contributed by atoms with Gasteiger partial charge in [0.25, 0.3) is 5.56 Å². The largest absolute Gasteiger partial charge is 0.312 e. The van der Waals surface area contributed by atoms with E-state index in [0.717, 1.165) is 0 Å². The number of amides is 2. The van der Waals surface area contributed by atoms with Crippen molar-refractivity contribution in [1.29, 1.82) is 0 Å². The van der Waals surface area contributed by atoms with Gasteiger partial charge in [-0.15, -0.1) is 0 Å². The van der Waals surface area contributed by atoms with Crippen molar-refractivity contribution in [3.8, 4) is 11.6 Å². The van der Waals surface area contributed by atoms with Gasteiger partial charge in [0.2, 0.25) is 17.8 Å². The Hall–Kier alpha value is -4.84. The van der Waals surface area contributed by atoms with Gasteiger partial charge in [0.05, 0.1) is 23.5 Å². The van der Waals surface area contributed by atoms with Gasteiger partial charge < -0.3 is 10.2 Å². The summed E-state index contributed by atoms with van der Waals surface area (Å²) in [7, 11) is 0. The fraction of sp³-hybridized carbons (Fsp3) is 0.154. The summed E-state index contributed by atoms with van der Waals surface area (Å²) in [6.45, 7) is 1.87. The smallest absolute Gasteiger partial charge is 0.263 e. The second-order valence-corrected chi connectivity index (χ2v) is 9.55. The highest BCUT2D eigenvalue weighted by atomic mass is 35.5. The second-order valence-electron chi connectivity index (χ2n) is 9.12. The van der Waals surface area contributed by atoms with E-state index in [1.165, 1.54) is 44.7 Å². The Morgan fingerprint density at radius 2 is 1.90 bits per heavy atom. The van der Waals surface area contributed by atoms with Crippen LogP contribution in [0.2, 0.25) is 5.02 Å². The van der Waals surface area contributed by atoms with Crippen LogP contribution in [0.5, 0.6) is 0 Å². The molecular weight excluding hydrogens is 527 g/mol. The summed E-state index contributed by atoms with van der Waals surface area (Å²) in [5.41, 5.74) is 1.53. The first-order valence-corrected chi connectivity index (χ1v) is 12.3.